The van der Waals surface area contributed by atoms with Crippen LogP contribution < -0.4 is 0 Å². The van der Waals surface area contributed by atoms with E-state index in [1.165, 1.54) is 69.4 Å². The first kappa shape index (κ1) is 24.9. The molecule has 0 aliphatic heterocycles. The van der Waals surface area contributed by atoms with Crippen LogP contribution in [0.2, 0.25) is 0 Å². The smallest absolute Gasteiger partial charge is 0.370 e. The van der Waals surface area contributed by atoms with Gasteiger partial charge in [-0.05, 0) is 43.7 Å². The molecule has 0 N–H and O–H groups in total. The Morgan fingerprint density at radius 3 is 1.44 bits per heavy atom. The first-order valence-electron chi connectivity index (χ1n) is 11.9. The van der Waals surface area contributed by atoms with Gasteiger partial charge >= 0.3 is 8.80 Å². The summed E-state index contributed by atoms with van der Waals surface area (Å²) in [7, 11) is -2.68. The molecule has 0 radical (unpaired) electrons. The summed E-state index contributed by atoms with van der Waals surface area (Å²) in [4.78, 5) is 0. The summed E-state index contributed by atoms with van der Waals surface area (Å²) in [6.07, 6.45) is 20.6. The molecule has 0 spiro atoms. The van der Waals surface area contributed by atoms with E-state index in [-0.39, 0.29) is 0 Å². The molecule has 160 valence electrons. The molecule has 0 aromatic rings. The third-order valence-electron chi connectivity index (χ3n) is 5.30. The van der Waals surface area contributed by atoms with Crippen molar-refractivity contribution in [1.29, 1.82) is 0 Å². The monoisotopic (exact) mass is 398 g/mol. The van der Waals surface area contributed by atoms with Crippen LogP contribution in [0.1, 0.15) is 117 Å². The summed E-state index contributed by atoms with van der Waals surface area (Å²) in [5.41, 5.74) is 0. The molecule has 0 saturated carbocycles. The fourth-order valence-corrected chi connectivity index (χ4v) is 6.48. The zero-order valence-electron chi connectivity index (χ0n) is 18.5. The van der Waals surface area contributed by atoms with Crippen molar-refractivity contribution >= 4 is 8.80 Å². The Morgan fingerprint density at radius 1 is 0.667 bits per heavy atom. The lowest BCUT2D eigenvalue weighted by molar-refractivity contribution is 0.0635. The summed E-state index contributed by atoms with van der Waals surface area (Å²) in [6.45, 7) is 9.11. The molecular weight excluding hydrogens is 352 g/mol. The van der Waals surface area contributed by atoms with E-state index in [1.54, 1.807) is 0 Å². The van der Waals surface area contributed by atoms with Gasteiger partial charge in [-0.1, -0.05) is 84.6 Å². The second-order valence-corrected chi connectivity index (χ2v) is 10.5. The normalized spacial score (nSPS) is 14.7. The van der Waals surface area contributed by atoms with Gasteiger partial charge in [0.15, 0.2) is 0 Å². The lowest BCUT2D eigenvalue weighted by Gasteiger charge is -2.31. The number of unbranched alkanes of at least 4 members (excludes halogenated alkanes) is 9. The van der Waals surface area contributed by atoms with Crippen molar-refractivity contribution in [2.75, 3.05) is 19.8 Å². The highest BCUT2D eigenvalue weighted by Crippen LogP contribution is 2.31. The van der Waals surface area contributed by atoms with E-state index in [0.717, 1.165) is 51.9 Å². The van der Waals surface area contributed by atoms with Crippen molar-refractivity contribution in [1.82, 2.24) is 0 Å². The average Bonchev–Trinajstić information content (AvgIpc) is 3.22. The van der Waals surface area contributed by atoms with Crippen LogP contribution in [0.25, 0.3) is 0 Å². The van der Waals surface area contributed by atoms with Crippen molar-refractivity contribution in [3.8, 4) is 0 Å². The zero-order valence-corrected chi connectivity index (χ0v) is 19.5. The van der Waals surface area contributed by atoms with Crippen LogP contribution in [-0.2, 0) is 13.3 Å². The minimum atomic E-state index is -2.68. The number of hydrogen-bond donors (Lipinski definition) is 0. The average molecular weight is 399 g/mol. The van der Waals surface area contributed by atoms with E-state index >= 15 is 0 Å². The molecular formula is C23H46O3Si. The topological polar surface area (TPSA) is 27.7 Å². The predicted octanol–water partition coefficient (Wildman–Crippen LogP) is 7.37. The van der Waals surface area contributed by atoms with Crippen molar-refractivity contribution in [2.45, 2.75) is 117 Å². The number of hydrogen-bond acceptors (Lipinski definition) is 3. The first-order chi connectivity index (χ1) is 13.3. The van der Waals surface area contributed by atoms with Crippen LogP contribution in [0.4, 0.5) is 0 Å². The molecule has 0 unspecified atom stereocenters. The highest BCUT2D eigenvalue weighted by Gasteiger charge is 2.46. The van der Waals surface area contributed by atoms with Crippen molar-refractivity contribution in [3.05, 3.63) is 11.3 Å². The van der Waals surface area contributed by atoms with Gasteiger partial charge in [0.25, 0.3) is 0 Å². The SMILES string of the molecule is CCCCCCO[Si](OCCCCCC)(OCCCCCC)C1=CCCC1. The molecule has 0 aromatic carbocycles. The van der Waals surface area contributed by atoms with Gasteiger partial charge in [-0.2, -0.15) is 0 Å². The minimum Gasteiger partial charge on any atom is -0.370 e. The Balaban J connectivity index is 2.63. The van der Waals surface area contributed by atoms with Gasteiger partial charge in [-0.25, -0.2) is 0 Å². The molecule has 0 heterocycles. The molecule has 3 nitrogen and oxygen atoms in total. The van der Waals surface area contributed by atoms with E-state index in [1.807, 2.05) is 0 Å². The Hall–Kier alpha value is -0.163. The summed E-state index contributed by atoms with van der Waals surface area (Å²) >= 11 is 0. The molecule has 0 saturated heterocycles. The van der Waals surface area contributed by atoms with Crippen LogP contribution in [-0.4, -0.2) is 28.6 Å². The lowest BCUT2D eigenvalue weighted by atomic mass is 10.2. The quantitative estimate of drug-likeness (QED) is 0.168. The molecule has 0 fully saturated rings. The van der Waals surface area contributed by atoms with Gasteiger partial charge in [0.1, 0.15) is 0 Å². The fourth-order valence-electron chi connectivity index (χ4n) is 3.56. The fraction of sp³-hybridized carbons (Fsp3) is 0.913. The lowest BCUT2D eigenvalue weighted by Crippen LogP contribution is -2.48. The maximum absolute atomic E-state index is 6.50. The molecule has 0 atom stereocenters. The summed E-state index contributed by atoms with van der Waals surface area (Å²) in [5, 5.41) is 1.36. The zero-order chi connectivity index (χ0) is 19.6. The van der Waals surface area contributed by atoms with E-state index in [4.69, 9.17) is 13.3 Å². The molecule has 1 rings (SSSR count). The number of rotatable bonds is 19. The van der Waals surface area contributed by atoms with Gasteiger partial charge in [0.05, 0.1) is 0 Å². The summed E-state index contributed by atoms with van der Waals surface area (Å²) in [5.74, 6) is 0. The molecule has 27 heavy (non-hydrogen) atoms. The van der Waals surface area contributed by atoms with E-state index in [0.29, 0.717) is 0 Å². The van der Waals surface area contributed by atoms with Crippen molar-refractivity contribution in [2.24, 2.45) is 0 Å². The summed E-state index contributed by atoms with van der Waals surface area (Å²) < 4.78 is 19.5. The van der Waals surface area contributed by atoms with E-state index < -0.39 is 8.80 Å². The maximum Gasteiger partial charge on any atom is 0.532 e. The largest absolute Gasteiger partial charge is 0.532 e. The van der Waals surface area contributed by atoms with Gasteiger partial charge < -0.3 is 13.3 Å². The molecule has 1 aliphatic carbocycles. The van der Waals surface area contributed by atoms with Crippen LogP contribution in [0.3, 0.4) is 0 Å². The highest BCUT2D eigenvalue weighted by molar-refractivity contribution is 6.68. The van der Waals surface area contributed by atoms with E-state index in [9.17, 15) is 0 Å². The second kappa shape index (κ2) is 16.8. The van der Waals surface area contributed by atoms with Crippen LogP contribution in [0.5, 0.6) is 0 Å². The molecule has 0 aromatic heterocycles. The maximum atomic E-state index is 6.50. The van der Waals surface area contributed by atoms with Crippen LogP contribution in [0, 0.1) is 0 Å². The first-order valence-corrected chi connectivity index (χ1v) is 13.6. The molecule has 0 bridgehead atoms. The van der Waals surface area contributed by atoms with Gasteiger partial charge in [-0.3, -0.25) is 0 Å². The highest BCUT2D eigenvalue weighted by atomic mass is 28.4. The Labute approximate surface area is 170 Å². The third kappa shape index (κ3) is 10.8. The molecule has 0 amide bonds. The van der Waals surface area contributed by atoms with Gasteiger partial charge in [0, 0.05) is 19.8 Å². The van der Waals surface area contributed by atoms with Crippen molar-refractivity contribution < 1.29 is 13.3 Å². The molecule has 4 heteroatoms. The van der Waals surface area contributed by atoms with Gasteiger partial charge in [-0.15, -0.1) is 0 Å². The van der Waals surface area contributed by atoms with Crippen LogP contribution >= 0.6 is 0 Å². The van der Waals surface area contributed by atoms with Gasteiger partial charge in [0.2, 0.25) is 0 Å². The third-order valence-corrected chi connectivity index (χ3v) is 8.30. The van der Waals surface area contributed by atoms with Crippen molar-refractivity contribution in [3.63, 3.8) is 0 Å². The summed E-state index contributed by atoms with van der Waals surface area (Å²) in [6, 6.07) is 0. The standard InChI is InChI=1S/C23H46O3Si/c1-4-7-10-15-20-24-27(23-18-13-14-19-23,25-21-16-11-8-5-2)26-22-17-12-9-6-3/h18H,4-17,19-22H2,1-3H3. The number of allylic oxidation sites excluding steroid dienone is 2. The Kier molecular flexibility index (Phi) is 15.4. The molecule has 1 aliphatic rings. The Morgan fingerprint density at radius 2 is 1.11 bits per heavy atom. The van der Waals surface area contributed by atoms with E-state index in [2.05, 4.69) is 26.8 Å². The second-order valence-electron chi connectivity index (χ2n) is 7.91. The Bertz CT molecular complexity index is 335. The minimum absolute atomic E-state index is 0.785. The predicted molar refractivity (Wildman–Crippen MR) is 118 cm³/mol. The van der Waals surface area contributed by atoms with Crippen LogP contribution in [0.15, 0.2) is 11.3 Å².